The number of amides is 2. The van der Waals surface area contributed by atoms with Crippen LogP contribution in [0.3, 0.4) is 0 Å². The molecule has 2 amide bonds. The molecule has 1 aromatic heterocycles. The number of nitro benzene ring substituents is 1. The summed E-state index contributed by atoms with van der Waals surface area (Å²) in [6.07, 6.45) is -1.10. The van der Waals surface area contributed by atoms with Gasteiger partial charge in [0.25, 0.3) is 11.6 Å². The van der Waals surface area contributed by atoms with E-state index in [1.165, 1.54) is 24.3 Å². The summed E-state index contributed by atoms with van der Waals surface area (Å²) in [6.45, 7) is 0. The second-order valence-electron chi connectivity index (χ2n) is 8.50. The average molecular weight is 501 g/mol. The third kappa shape index (κ3) is 3.40. The Morgan fingerprint density at radius 3 is 2.31 bits per heavy atom. The van der Waals surface area contributed by atoms with Crippen molar-refractivity contribution in [3.63, 3.8) is 0 Å². The number of carbonyl (C=O) groups is 2. The van der Waals surface area contributed by atoms with Crippen LogP contribution in [0.15, 0.2) is 84.9 Å². The molecule has 3 atom stereocenters. The van der Waals surface area contributed by atoms with Crippen LogP contribution in [0.5, 0.6) is 0 Å². The zero-order chi connectivity index (χ0) is 25.0. The van der Waals surface area contributed by atoms with Gasteiger partial charge in [0.05, 0.1) is 27.9 Å². The molecule has 0 radical (unpaired) electrons. The van der Waals surface area contributed by atoms with Crippen LogP contribution in [-0.2, 0) is 14.4 Å². The number of hydrogen-bond acceptors (Lipinski definition) is 7. The van der Waals surface area contributed by atoms with Crippen molar-refractivity contribution in [2.75, 3.05) is 9.96 Å². The first-order valence-corrected chi connectivity index (χ1v) is 11.5. The first-order valence-electron chi connectivity index (χ1n) is 11.1. The molecule has 2 fully saturated rings. The van der Waals surface area contributed by atoms with Crippen LogP contribution < -0.4 is 9.96 Å². The topological polar surface area (TPSA) is 106 Å². The number of anilines is 2. The summed E-state index contributed by atoms with van der Waals surface area (Å²) in [7, 11) is 0. The number of halogens is 1. The first kappa shape index (κ1) is 22.1. The maximum Gasteiger partial charge on any atom is 0.269 e. The van der Waals surface area contributed by atoms with E-state index in [4.69, 9.17) is 16.4 Å². The van der Waals surface area contributed by atoms with Crippen LogP contribution in [-0.4, -0.2) is 27.8 Å². The van der Waals surface area contributed by atoms with Crippen molar-refractivity contribution < 1.29 is 19.3 Å². The Bertz CT molecular complexity index is 1530. The van der Waals surface area contributed by atoms with E-state index in [0.717, 1.165) is 10.3 Å². The van der Waals surface area contributed by atoms with E-state index < -0.39 is 34.8 Å². The van der Waals surface area contributed by atoms with E-state index in [1.54, 1.807) is 5.06 Å². The number of hydroxylamine groups is 1. The Hall–Kier alpha value is -4.34. The number of hydrogen-bond donors (Lipinski definition) is 0. The monoisotopic (exact) mass is 500 g/mol. The van der Waals surface area contributed by atoms with Crippen molar-refractivity contribution in [1.82, 2.24) is 4.98 Å². The van der Waals surface area contributed by atoms with Crippen molar-refractivity contribution in [3.05, 3.63) is 106 Å². The number of pyridine rings is 1. The lowest BCUT2D eigenvalue weighted by Gasteiger charge is -2.29. The highest BCUT2D eigenvalue weighted by Crippen LogP contribution is 2.49. The van der Waals surface area contributed by atoms with Gasteiger partial charge in [0.1, 0.15) is 11.1 Å². The van der Waals surface area contributed by atoms with Gasteiger partial charge in [0, 0.05) is 23.1 Å². The number of aromatic nitrogens is 1. The Morgan fingerprint density at radius 2 is 1.58 bits per heavy atom. The molecule has 0 spiro atoms. The van der Waals surface area contributed by atoms with Crippen LogP contribution in [0.1, 0.15) is 11.6 Å². The fourth-order valence-corrected chi connectivity index (χ4v) is 5.08. The molecule has 178 valence electrons. The minimum Gasteiger partial charge on any atom is -0.273 e. The molecule has 4 aromatic rings. The Kier molecular flexibility index (Phi) is 5.17. The fraction of sp³-hybridized carbons (Fsp3) is 0.115. The summed E-state index contributed by atoms with van der Waals surface area (Å²) in [5.41, 5.74) is 2.01. The molecule has 6 rings (SSSR count). The highest BCUT2D eigenvalue weighted by molar-refractivity contribution is 6.31. The number of para-hydroxylation sites is 2. The van der Waals surface area contributed by atoms with Crippen LogP contribution in [0.4, 0.5) is 17.1 Å². The van der Waals surface area contributed by atoms with Crippen LogP contribution in [0.25, 0.3) is 10.9 Å². The van der Waals surface area contributed by atoms with Gasteiger partial charge in [-0.3, -0.25) is 24.5 Å². The highest BCUT2D eigenvalue weighted by atomic mass is 35.5. The molecule has 0 unspecified atom stereocenters. The van der Waals surface area contributed by atoms with Gasteiger partial charge in [-0.15, -0.1) is 0 Å². The zero-order valence-corrected chi connectivity index (χ0v) is 19.3. The lowest BCUT2D eigenvalue weighted by Crippen LogP contribution is -2.37. The van der Waals surface area contributed by atoms with E-state index in [-0.39, 0.29) is 16.5 Å². The summed E-state index contributed by atoms with van der Waals surface area (Å²) >= 11 is 6.64. The Balaban J connectivity index is 1.46. The molecule has 2 aliphatic heterocycles. The second-order valence-corrected chi connectivity index (χ2v) is 8.86. The maximum absolute atomic E-state index is 13.8. The van der Waals surface area contributed by atoms with Crippen LogP contribution in [0, 0.1) is 16.0 Å². The molecule has 10 heteroatoms. The number of nitrogens with zero attached hydrogens (tertiary/aromatic N) is 4. The highest BCUT2D eigenvalue weighted by Gasteiger charge is 2.60. The van der Waals surface area contributed by atoms with E-state index in [1.807, 2.05) is 60.7 Å². The number of non-ortho nitro benzene ring substituents is 1. The summed E-state index contributed by atoms with van der Waals surface area (Å²) in [5, 5.41) is 13.6. The Labute approximate surface area is 209 Å². The van der Waals surface area contributed by atoms with Gasteiger partial charge in [0.2, 0.25) is 5.91 Å². The van der Waals surface area contributed by atoms with Crippen molar-refractivity contribution in [1.29, 1.82) is 0 Å². The number of benzene rings is 3. The fourth-order valence-electron chi connectivity index (χ4n) is 4.82. The molecule has 2 aliphatic rings. The number of fused-ring (bicyclic) bond motifs is 2. The molecule has 3 heterocycles. The maximum atomic E-state index is 13.8. The third-order valence-electron chi connectivity index (χ3n) is 6.47. The number of carbonyl (C=O) groups excluding carboxylic acids is 2. The summed E-state index contributed by atoms with van der Waals surface area (Å²) in [5.74, 6) is -1.94. The van der Waals surface area contributed by atoms with Gasteiger partial charge in [-0.2, -0.15) is 0 Å². The zero-order valence-electron chi connectivity index (χ0n) is 18.5. The minimum atomic E-state index is -1.10. The van der Waals surface area contributed by atoms with Crippen molar-refractivity contribution >= 4 is 51.4 Å². The normalized spacial score (nSPS) is 21.3. The van der Waals surface area contributed by atoms with E-state index in [0.29, 0.717) is 16.8 Å². The molecule has 0 bridgehead atoms. The smallest absolute Gasteiger partial charge is 0.269 e. The molecular formula is C26H17ClN4O5. The quantitative estimate of drug-likeness (QED) is 0.171. The van der Waals surface area contributed by atoms with Gasteiger partial charge >= 0.3 is 0 Å². The van der Waals surface area contributed by atoms with Crippen LogP contribution in [0.2, 0.25) is 5.15 Å². The minimum absolute atomic E-state index is 0.142. The van der Waals surface area contributed by atoms with Crippen LogP contribution >= 0.6 is 11.6 Å². The predicted molar refractivity (Wildman–Crippen MR) is 132 cm³/mol. The first-order chi connectivity index (χ1) is 17.4. The number of rotatable bonds is 4. The molecule has 9 nitrogen and oxygen atoms in total. The lowest BCUT2D eigenvalue weighted by atomic mass is 9.90. The van der Waals surface area contributed by atoms with Crippen molar-refractivity contribution in [2.24, 2.45) is 5.92 Å². The van der Waals surface area contributed by atoms with Gasteiger partial charge in [-0.05, 0) is 36.4 Å². The van der Waals surface area contributed by atoms with Gasteiger partial charge < -0.3 is 0 Å². The Morgan fingerprint density at radius 1 is 0.889 bits per heavy atom. The van der Waals surface area contributed by atoms with E-state index in [2.05, 4.69) is 4.98 Å². The van der Waals surface area contributed by atoms with E-state index in [9.17, 15) is 19.7 Å². The van der Waals surface area contributed by atoms with Gasteiger partial charge in [0.15, 0.2) is 6.10 Å². The largest absolute Gasteiger partial charge is 0.273 e. The summed E-state index contributed by atoms with van der Waals surface area (Å²) in [4.78, 5) is 49.4. The second kappa shape index (κ2) is 8.40. The van der Waals surface area contributed by atoms with E-state index >= 15 is 0 Å². The molecular weight excluding hydrogens is 484 g/mol. The predicted octanol–water partition coefficient (Wildman–Crippen LogP) is 4.85. The lowest BCUT2D eigenvalue weighted by molar-refractivity contribution is -0.384. The van der Waals surface area contributed by atoms with Crippen molar-refractivity contribution in [3.8, 4) is 0 Å². The number of imide groups is 1. The summed E-state index contributed by atoms with van der Waals surface area (Å²) in [6, 6.07) is 23.0. The van der Waals surface area contributed by atoms with Crippen molar-refractivity contribution in [2.45, 2.75) is 12.1 Å². The standard InChI is InChI=1S/C26H17ClN4O5/c27-24-19(14-15-6-4-5-9-20(15)28-24)22-21-23(36-30(22)17-7-2-1-3-8-17)26(33)29(25(21)32)16-10-12-18(13-11-16)31(34)35/h1-14,21-23H/t21-,22-,23-/m1/s1. The molecule has 3 aromatic carbocycles. The van der Waals surface area contributed by atoms with Gasteiger partial charge in [-0.25, -0.2) is 14.9 Å². The molecule has 36 heavy (non-hydrogen) atoms. The van der Waals surface area contributed by atoms with Gasteiger partial charge in [-0.1, -0.05) is 48.0 Å². The SMILES string of the molecule is O=C1[C@@H]2[C@@H](c3cc4ccccc4nc3Cl)N(c3ccccc3)O[C@H]2C(=O)N1c1ccc([N+](=O)[O-])cc1. The number of nitro groups is 1. The molecule has 0 N–H and O–H groups in total. The summed E-state index contributed by atoms with van der Waals surface area (Å²) < 4.78 is 0. The third-order valence-corrected chi connectivity index (χ3v) is 6.77. The molecule has 0 saturated carbocycles. The molecule has 0 aliphatic carbocycles. The average Bonchev–Trinajstić information content (AvgIpc) is 3.40. The molecule has 2 saturated heterocycles.